The molecule has 0 bridgehead atoms. The predicted octanol–water partition coefficient (Wildman–Crippen LogP) is 11.0. The quantitative estimate of drug-likeness (QED) is 0.349. The van der Waals surface area contributed by atoms with Crippen molar-refractivity contribution in [3.63, 3.8) is 0 Å². The number of hydrogen-bond acceptors (Lipinski definition) is 1. The minimum atomic E-state index is 0. The first-order valence-corrected chi connectivity index (χ1v) is 13.2. The number of rotatable bonds is 8. The van der Waals surface area contributed by atoms with Crippen molar-refractivity contribution >= 4 is 11.8 Å². The van der Waals surface area contributed by atoms with Crippen LogP contribution in [0.3, 0.4) is 0 Å². The van der Waals surface area contributed by atoms with E-state index in [4.69, 9.17) is 0 Å². The Morgan fingerprint density at radius 1 is 0.382 bits per heavy atom. The normalized spacial score (nSPS) is 11.4. The van der Waals surface area contributed by atoms with Crippen molar-refractivity contribution in [1.29, 1.82) is 0 Å². The minimum absolute atomic E-state index is 0. The van der Waals surface area contributed by atoms with Crippen LogP contribution in [0.1, 0.15) is 152 Å². The first-order valence-electron chi connectivity index (χ1n) is 12.4. The van der Waals surface area contributed by atoms with Gasteiger partial charge < -0.3 is 0 Å². The highest BCUT2D eigenvalue weighted by molar-refractivity contribution is 7.99. The van der Waals surface area contributed by atoms with E-state index in [0.29, 0.717) is 35.5 Å². The average molecular weight is 499 g/mol. The van der Waals surface area contributed by atoms with Crippen molar-refractivity contribution in [2.45, 2.75) is 128 Å². The molecule has 0 heterocycles. The van der Waals surface area contributed by atoms with Gasteiger partial charge in [-0.25, -0.2) is 0 Å². The zero-order chi connectivity index (χ0) is 23.6. The molecule has 0 saturated carbocycles. The fourth-order valence-corrected chi connectivity index (χ4v) is 5.97. The Hall–Kier alpha value is -1.42. The van der Waals surface area contributed by atoms with Crippen LogP contribution in [0.25, 0.3) is 0 Å². The summed E-state index contributed by atoms with van der Waals surface area (Å²) in [5.74, 6) is 3.16. The van der Waals surface area contributed by atoms with E-state index < -0.39 is 0 Å². The zero-order valence-electron chi connectivity index (χ0n) is 23.4. The zero-order valence-corrected chi connectivity index (χ0v) is 24.2. The Bertz CT molecular complexity index is 764. The van der Waals surface area contributed by atoms with Crippen LogP contribution in [-0.4, -0.2) is 0 Å². The van der Waals surface area contributed by atoms with Crippen LogP contribution in [0.15, 0.2) is 34.1 Å². The molecular formula is C30H49F3S. The average Bonchev–Trinajstić information content (AvgIpc) is 2.66. The molecule has 2 aromatic rings. The summed E-state index contributed by atoms with van der Waals surface area (Å²) in [6, 6.07) is 9.93. The van der Waals surface area contributed by atoms with Crippen LogP contribution in [0, 0.1) is 0 Å². The lowest BCUT2D eigenvalue weighted by Crippen LogP contribution is -2.06. The van der Waals surface area contributed by atoms with E-state index in [0.717, 1.165) is 0 Å². The smallest absolute Gasteiger partial charge is 0.0192 e. The highest BCUT2D eigenvalue weighted by Crippen LogP contribution is 2.46. The van der Waals surface area contributed by atoms with Crippen molar-refractivity contribution < 1.29 is 14.1 Å². The summed E-state index contributed by atoms with van der Waals surface area (Å²) in [7, 11) is 0. The van der Waals surface area contributed by atoms with Crippen molar-refractivity contribution in [2.75, 3.05) is 0 Å². The molecule has 34 heavy (non-hydrogen) atoms. The van der Waals surface area contributed by atoms with Gasteiger partial charge in [-0.05, 0) is 68.9 Å². The van der Waals surface area contributed by atoms with Gasteiger partial charge in [-0.15, -0.1) is 0 Å². The first kappa shape index (κ1) is 34.7. The van der Waals surface area contributed by atoms with Gasteiger partial charge in [0.1, 0.15) is 0 Å². The summed E-state index contributed by atoms with van der Waals surface area (Å²) in [6.07, 6.45) is 0. The highest BCUT2D eigenvalue weighted by atomic mass is 32.2. The summed E-state index contributed by atoms with van der Waals surface area (Å²) >= 11 is 2.05. The van der Waals surface area contributed by atoms with Crippen LogP contribution in [-0.2, 0) is 0 Å². The second kappa shape index (κ2) is 14.2. The molecule has 0 amide bonds. The van der Waals surface area contributed by atoms with Crippen LogP contribution in [0.2, 0.25) is 0 Å². The second-order valence-electron chi connectivity index (χ2n) is 11.1. The van der Waals surface area contributed by atoms with Crippen LogP contribution < -0.4 is 0 Å². The summed E-state index contributed by atoms with van der Waals surface area (Å²) in [4.78, 5) is 2.99. The van der Waals surface area contributed by atoms with Crippen LogP contribution >= 0.6 is 11.8 Å². The van der Waals surface area contributed by atoms with E-state index in [1.807, 2.05) is 11.8 Å². The largest absolute Gasteiger partial charge is 0.269 e. The minimum Gasteiger partial charge on any atom is -0.269 e. The molecule has 4 heteroatoms. The maximum Gasteiger partial charge on any atom is 0.0192 e. The number of benzene rings is 2. The maximum absolute atomic E-state index is 2.48. The molecule has 0 N–H and O–H groups in total. The van der Waals surface area contributed by atoms with Crippen LogP contribution in [0.5, 0.6) is 0 Å². The van der Waals surface area contributed by atoms with E-state index in [1.165, 1.54) is 43.2 Å². The molecular weight excluding hydrogens is 449 g/mol. The van der Waals surface area contributed by atoms with Crippen LogP contribution in [0.4, 0.5) is 14.1 Å². The molecule has 0 radical (unpaired) electrons. The maximum atomic E-state index is 2.48. The van der Waals surface area contributed by atoms with E-state index >= 15 is 0 Å². The molecule has 0 nitrogen and oxygen atoms in total. The van der Waals surface area contributed by atoms with E-state index in [9.17, 15) is 0 Å². The lowest BCUT2D eigenvalue weighted by atomic mass is 9.89. The van der Waals surface area contributed by atoms with Gasteiger partial charge >= 0.3 is 0 Å². The third kappa shape index (κ3) is 7.80. The van der Waals surface area contributed by atoms with Crippen molar-refractivity contribution in [1.82, 2.24) is 0 Å². The molecule has 2 aromatic carbocycles. The van der Waals surface area contributed by atoms with Crippen molar-refractivity contribution in [3.8, 4) is 0 Å². The summed E-state index contributed by atoms with van der Waals surface area (Å²) in [6.45, 7) is 28.1. The lowest BCUT2D eigenvalue weighted by Gasteiger charge is -2.26. The Balaban J connectivity index is 0. The van der Waals surface area contributed by atoms with Gasteiger partial charge in [-0.3, -0.25) is 14.1 Å². The SMILES string of the molecule is CC(C)c1cc(C(C)C)c(Sc2c(C(C)C)cc(C(C)C)cc2C(C)C)c(C(C)C)c1.F.F.F. The molecule has 196 valence electrons. The van der Waals surface area contributed by atoms with Crippen molar-refractivity contribution in [2.24, 2.45) is 0 Å². The van der Waals surface area contributed by atoms with E-state index in [1.54, 1.807) is 0 Å². The lowest BCUT2D eigenvalue weighted by molar-refractivity contribution is 0.763. The third-order valence-corrected chi connectivity index (χ3v) is 7.71. The monoisotopic (exact) mass is 498 g/mol. The van der Waals surface area contributed by atoms with Gasteiger partial charge in [-0.1, -0.05) is 119 Å². The topological polar surface area (TPSA) is 0 Å². The molecule has 0 fully saturated rings. The number of hydrogen-bond donors (Lipinski definition) is 0. The van der Waals surface area contributed by atoms with Gasteiger partial charge in [-0.2, -0.15) is 0 Å². The van der Waals surface area contributed by atoms with E-state index in [2.05, 4.69) is 107 Å². The molecule has 0 aliphatic carbocycles. The Labute approximate surface area is 211 Å². The third-order valence-electron chi connectivity index (χ3n) is 6.36. The van der Waals surface area contributed by atoms with Crippen molar-refractivity contribution in [3.05, 3.63) is 57.6 Å². The van der Waals surface area contributed by atoms with Gasteiger partial charge in [0.2, 0.25) is 0 Å². The van der Waals surface area contributed by atoms with Gasteiger partial charge in [0.25, 0.3) is 0 Å². The molecule has 0 aliphatic rings. The number of halogens is 3. The molecule has 0 spiro atoms. The fourth-order valence-electron chi connectivity index (χ4n) is 4.12. The molecule has 0 aliphatic heterocycles. The summed E-state index contributed by atoms with van der Waals surface area (Å²) in [5.41, 5.74) is 8.99. The summed E-state index contributed by atoms with van der Waals surface area (Å²) < 4.78 is 0. The molecule has 0 unspecified atom stereocenters. The molecule has 0 atom stereocenters. The van der Waals surface area contributed by atoms with Gasteiger partial charge in [0.15, 0.2) is 0 Å². The second-order valence-corrected chi connectivity index (χ2v) is 12.1. The van der Waals surface area contributed by atoms with Gasteiger partial charge in [0, 0.05) is 9.79 Å². The highest BCUT2D eigenvalue weighted by Gasteiger charge is 2.23. The van der Waals surface area contributed by atoms with Gasteiger partial charge in [0.05, 0.1) is 0 Å². The standard InChI is InChI=1S/C30H46S.3FH/c1-17(2)23-13-25(19(5)6)29(26(14-23)20(7)8)31-30-27(21(9)10)15-24(18(3)4)16-28(30)22(11)12;;;/h13-22H,1-12H3;3*1H. The summed E-state index contributed by atoms with van der Waals surface area (Å²) in [5, 5.41) is 0. The predicted molar refractivity (Wildman–Crippen MR) is 149 cm³/mol. The molecule has 0 aromatic heterocycles. The fraction of sp³-hybridized carbons (Fsp3) is 0.600. The first-order chi connectivity index (χ1) is 14.3. The Kier molecular flexibility index (Phi) is 14.5. The Morgan fingerprint density at radius 2 is 0.588 bits per heavy atom. The van der Waals surface area contributed by atoms with E-state index in [-0.39, 0.29) is 14.1 Å². The Morgan fingerprint density at radius 3 is 0.735 bits per heavy atom. The molecule has 0 saturated heterocycles. The molecule has 2 rings (SSSR count).